The van der Waals surface area contributed by atoms with E-state index in [1.54, 1.807) is 42.5 Å². The molecule has 0 radical (unpaired) electrons. The van der Waals surface area contributed by atoms with Crippen LogP contribution in [0.15, 0.2) is 89.8 Å². The van der Waals surface area contributed by atoms with E-state index in [0.717, 1.165) is 9.87 Å². The molecule has 0 aliphatic heterocycles. The van der Waals surface area contributed by atoms with Crippen molar-refractivity contribution in [2.24, 2.45) is 5.92 Å². The largest absolute Gasteiger partial charge is 0.495 e. The summed E-state index contributed by atoms with van der Waals surface area (Å²) in [5.74, 6) is -0.181. The molecule has 0 aliphatic carbocycles. The first-order chi connectivity index (χ1) is 19.2. The lowest BCUT2D eigenvalue weighted by molar-refractivity contribution is -0.139. The molecule has 9 heteroatoms. The van der Waals surface area contributed by atoms with Crippen LogP contribution in [0.25, 0.3) is 0 Å². The molecule has 0 fully saturated rings. The van der Waals surface area contributed by atoms with Crippen molar-refractivity contribution in [1.82, 2.24) is 10.2 Å². The van der Waals surface area contributed by atoms with Crippen LogP contribution in [0.1, 0.15) is 32.8 Å². The first kappa shape index (κ1) is 30.7. The van der Waals surface area contributed by atoms with Gasteiger partial charge in [0.1, 0.15) is 18.3 Å². The summed E-state index contributed by atoms with van der Waals surface area (Å²) in [6.45, 7) is 6.08. The number of carbonyl (C=O) groups is 2. The Morgan fingerprint density at radius 3 is 2.10 bits per heavy atom. The number of para-hydroxylation sites is 2. The molecule has 0 aliphatic rings. The van der Waals surface area contributed by atoms with Gasteiger partial charge >= 0.3 is 0 Å². The van der Waals surface area contributed by atoms with Crippen LogP contribution >= 0.6 is 0 Å². The standard InChI is InChI=1S/C31H39N3O5S/c1-5-27(31(36)32-22-24(2)3)33(21-20-25-14-8-6-9-15-25)30(35)23-34(28-18-12-13-19-29(28)39-4)40(37,38)26-16-10-7-11-17-26/h6-19,24,27H,5,20-23H2,1-4H3,(H,32,36). The normalized spacial score (nSPS) is 12.0. The number of amides is 2. The number of nitrogens with one attached hydrogen (secondary N) is 1. The number of ether oxygens (including phenoxy) is 1. The van der Waals surface area contributed by atoms with E-state index >= 15 is 0 Å². The second kappa shape index (κ2) is 14.5. The molecule has 0 saturated heterocycles. The summed E-state index contributed by atoms with van der Waals surface area (Å²) in [5, 5.41) is 2.94. The predicted molar refractivity (Wildman–Crippen MR) is 158 cm³/mol. The monoisotopic (exact) mass is 565 g/mol. The maximum absolute atomic E-state index is 14.1. The van der Waals surface area contributed by atoms with Crippen molar-refractivity contribution in [2.45, 2.75) is 44.6 Å². The fourth-order valence-electron chi connectivity index (χ4n) is 4.39. The predicted octanol–water partition coefficient (Wildman–Crippen LogP) is 4.51. The van der Waals surface area contributed by atoms with E-state index < -0.39 is 28.5 Å². The van der Waals surface area contributed by atoms with Crippen molar-refractivity contribution in [2.75, 3.05) is 31.0 Å². The second-order valence-electron chi connectivity index (χ2n) is 9.88. The van der Waals surface area contributed by atoms with Crippen LogP contribution in [0.5, 0.6) is 5.75 Å². The Morgan fingerprint density at radius 1 is 0.900 bits per heavy atom. The Hall–Kier alpha value is -3.85. The molecule has 0 heterocycles. The van der Waals surface area contributed by atoms with Crippen LogP contribution < -0.4 is 14.4 Å². The molecule has 0 bridgehead atoms. The van der Waals surface area contributed by atoms with E-state index in [9.17, 15) is 18.0 Å². The number of rotatable bonds is 14. The molecule has 1 atom stereocenters. The lowest BCUT2D eigenvalue weighted by Crippen LogP contribution is -2.53. The zero-order chi connectivity index (χ0) is 29.1. The quantitative estimate of drug-likeness (QED) is 0.310. The Morgan fingerprint density at radius 2 is 1.50 bits per heavy atom. The van der Waals surface area contributed by atoms with Gasteiger partial charge in [0, 0.05) is 13.1 Å². The van der Waals surface area contributed by atoms with Crippen LogP contribution in [-0.4, -0.2) is 57.9 Å². The average molecular weight is 566 g/mol. The van der Waals surface area contributed by atoms with Crippen LogP contribution in [0.3, 0.4) is 0 Å². The maximum Gasteiger partial charge on any atom is 0.264 e. The fourth-order valence-corrected chi connectivity index (χ4v) is 5.83. The van der Waals surface area contributed by atoms with Crippen molar-refractivity contribution in [3.8, 4) is 5.75 Å². The number of methoxy groups -OCH3 is 1. The summed E-state index contributed by atoms with van der Waals surface area (Å²) in [6, 6.07) is 23.6. The van der Waals surface area contributed by atoms with Gasteiger partial charge in [-0.05, 0) is 48.6 Å². The summed E-state index contributed by atoms with van der Waals surface area (Å²) in [6.07, 6.45) is 0.894. The third-order valence-corrected chi connectivity index (χ3v) is 8.29. The number of anilines is 1. The van der Waals surface area contributed by atoms with E-state index in [4.69, 9.17) is 4.74 Å². The van der Waals surface area contributed by atoms with Crippen molar-refractivity contribution in [1.29, 1.82) is 0 Å². The first-order valence-corrected chi connectivity index (χ1v) is 14.9. The summed E-state index contributed by atoms with van der Waals surface area (Å²) in [7, 11) is -2.70. The molecule has 214 valence electrons. The molecule has 0 saturated carbocycles. The van der Waals surface area contributed by atoms with Crippen LogP contribution in [0, 0.1) is 5.92 Å². The van der Waals surface area contributed by atoms with E-state index in [1.807, 2.05) is 51.1 Å². The van der Waals surface area contributed by atoms with Crippen molar-refractivity contribution >= 4 is 27.5 Å². The van der Waals surface area contributed by atoms with E-state index in [2.05, 4.69) is 5.32 Å². The zero-order valence-corrected chi connectivity index (χ0v) is 24.4. The lowest BCUT2D eigenvalue weighted by atomic mass is 10.1. The molecule has 3 aromatic carbocycles. The highest BCUT2D eigenvalue weighted by Crippen LogP contribution is 2.32. The Labute approximate surface area is 238 Å². The van der Waals surface area contributed by atoms with Gasteiger partial charge in [0.15, 0.2) is 0 Å². The molecular formula is C31H39N3O5S. The van der Waals surface area contributed by atoms with Gasteiger partial charge in [-0.15, -0.1) is 0 Å². The Kier molecular flexibility index (Phi) is 11.1. The molecule has 0 spiro atoms. The van der Waals surface area contributed by atoms with Gasteiger partial charge in [0.25, 0.3) is 10.0 Å². The van der Waals surface area contributed by atoms with Gasteiger partial charge in [-0.3, -0.25) is 13.9 Å². The Bertz CT molecular complexity index is 1350. The molecule has 8 nitrogen and oxygen atoms in total. The van der Waals surface area contributed by atoms with Gasteiger partial charge in [-0.1, -0.05) is 81.4 Å². The highest BCUT2D eigenvalue weighted by Gasteiger charge is 2.34. The number of nitrogens with zero attached hydrogens (tertiary/aromatic N) is 2. The summed E-state index contributed by atoms with van der Waals surface area (Å²) < 4.78 is 34.4. The molecular weight excluding hydrogens is 526 g/mol. The van der Waals surface area contributed by atoms with Gasteiger partial charge in [-0.25, -0.2) is 8.42 Å². The first-order valence-electron chi connectivity index (χ1n) is 13.5. The minimum atomic E-state index is -4.15. The van der Waals surface area contributed by atoms with E-state index in [1.165, 1.54) is 24.1 Å². The number of sulfonamides is 1. The van der Waals surface area contributed by atoms with Crippen molar-refractivity contribution in [3.05, 3.63) is 90.5 Å². The summed E-state index contributed by atoms with van der Waals surface area (Å²) in [4.78, 5) is 28.9. The van der Waals surface area contributed by atoms with Crippen LogP contribution in [0.4, 0.5) is 5.69 Å². The molecule has 3 aromatic rings. The molecule has 40 heavy (non-hydrogen) atoms. The van der Waals surface area contributed by atoms with Gasteiger partial charge < -0.3 is 15.0 Å². The van der Waals surface area contributed by atoms with Crippen LogP contribution in [0.2, 0.25) is 0 Å². The summed E-state index contributed by atoms with van der Waals surface area (Å²) in [5.41, 5.74) is 1.25. The minimum Gasteiger partial charge on any atom is -0.495 e. The Balaban J connectivity index is 2.02. The fraction of sp³-hybridized carbons (Fsp3) is 0.355. The minimum absolute atomic E-state index is 0.0475. The smallest absolute Gasteiger partial charge is 0.264 e. The van der Waals surface area contributed by atoms with Gasteiger partial charge in [0.2, 0.25) is 11.8 Å². The van der Waals surface area contributed by atoms with E-state index in [-0.39, 0.29) is 29.0 Å². The van der Waals surface area contributed by atoms with Crippen molar-refractivity contribution < 1.29 is 22.7 Å². The highest BCUT2D eigenvalue weighted by molar-refractivity contribution is 7.92. The average Bonchev–Trinajstić information content (AvgIpc) is 2.97. The van der Waals surface area contributed by atoms with Crippen LogP contribution in [-0.2, 0) is 26.0 Å². The highest BCUT2D eigenvalue weighted by atomic mass is 32.2. The molecule has 1 N–H and O–H groups in total. The van der Waals surface area contributed by atoms with Gasteiger partial charge in [0.05, 0.1) is 17.7 Å². The molecule has 0 aromatic heterocycles. The zero-order valence-electron chi connectivity index (χ0n) is 23.6. The number of benzene rings is 3. The SMILES string of the molecule is CCC(C(=O)NCC(C)C)N(CCc1ccccc1)C(=O)CN(c1ccccc1OC)S(=O)(=O)c1ccccc1. The van der Waals surface area contributed by atoms with E-state index in [0.29, 0.717) is 25.1 Å². The number of hydrogen-bond donors (Lipinski definition) is 1. The lowest BCUT2D eigenvalue weighted by Gasteiger charge is -2.33. The second-order valence-corrected chi connectivity index (χ2v) is 11.7. The maximum atomic E-state index is 14.1. The number of hydrogen-bond acceptors (Lipinski definition) is 5. The molecule has 1 unspecified atom stereocenters. The van der Waals surface area contributed by atoms with Crippen molar-refractivity contribution in [3.63, 3.8) is 0 Å². The van der Waals surface area contributed by atoms with Gasteiger partial charge in [-0.2, -0.15) is 0 Å². The third-order valence-electron chi connectivity index (χ3n) is 6.52. The summed E-state index contributed by atoms with van der Waals surface area (Å²) >= 11 is 0. The topological polar surface area (TPSA) is 96.0 Å². The molecule has 3 rings (SSSR count). The molecule has 2 amide bonds. The number of carbonyl (C=O) groups excluding carboxylic acids is 2. The third kappa shape index (κ3) is 7.85.